The minimum absolute atomic E-state index is 0.0126. The third kappa shape index (κ3) is 19.7. The van der Waals surface area contributed by atoms with Crippen molar-refractivity contribution < 1.29 is 57.0 Å². The lowest BCUT2D eigenvalue weighted by atomic mass is 9.98. The van der Waals surface area contributed by atoms with Crippen molar-refractivity contribution in [2.45, 2.75) is 72.2 Å². The topological polar surface area (TPSA) is 224 Å². The Morgan fingerprint density at radius 1 is 0.771 bits per heavy atom. The summed E-state index contributed by atoms with van der Waals surface area (Å²) in [5.74, 6) is -3.10. The van der Waals surface area contributed by atoms with Crippen LogP contribution in [0.25, 0.3) is 0 Å². The molecule has 14 heteroatoms. The first-order chi connectivity index (χ1) is 15.4. The van der Waals surface area contributed by atoms with Crippen LogP contribution in [0.3, 0.4) is 0 Å². The van der Waals surface area contributed by atoms with Gasteiger partial charge in [-0.2, -0.15) is 8.42 Å². The first-order valence-corrected chi connectivity index (χ1v) is 13.5. The molecule has 0 bridgehead atoms. The van der Waals surface area contributed by atoms with Crippen LogP contribution in [0, 0.1) is 5.92 Å². The maximum Gasteiger partial charge on any atom is 0.335 e. The summed E-state index contributed by atoms with van der Waals surface area (Å²) >= 11 is 0. The Hall–Kier alpha value is -2.31. The van der Waals surface area contributed by atoms with E-state index in [1.807, 2.05) is 13.8 Å². The fraction of sp³-hybridized carbons (Fsp3) is 0.571. The molecule has 1 aromatic carbocycles. The molecule has 0 atom stereocenters. The van der Waals surface area contributed by atoms with E-state index in [2.05, 4.69) is 0 Å². The lowest BCUT2D eigenvalue weighted by Crippen LogP contribution is -2.10. The molecule has 35 heavy (non-hydrogen) atoms. The third-order valence-electron chi connectivity index (χ3n) is 3.88. The average Bonchev–Trinajstić information content (AvgIpc) is 2.67. The second kappa shape index (κ2) is 16.4. The van der Waals surface area contributed by atoms with Crippen LogP contribution in [0.4, 0.5) is 0 Å². The second-order valence-electron chi connectivity index (χ2n) is 8.35. The summed E-state index contributed by atoms with van der Waals surface area (Å²) in [6.45, 7) is 12.8. The van der Waals surface area contributed by atoms with E-state index >= 15 is 0 Å². The van der Waals surface area contributed by atoms with E-state index in [1.165, 1.54) is 39.8 Å². The van der Waals surface area contributed by atoms with Gasteiger partial charge in [0, 0.05) is 0 Å². The molecule has 0 aliphatic rings. The molecule has 0 spiro atoms. The van der Waals surface area contributed by atoms with Crippen molar-refractivity contribution >= 4 is 35.6 Å². The summed E-state index contributed by atoms with van der Waals surface area (Å²) in [6.07, 6.45) is 0. The lowest BCUT2D eigenvalue weighted by molar-refractivity contribution is -0.140. The molecule has 0 aliphatic carbocycles. The van der Waals surface area contributed by atoms with Gasteiger partial charge >= 0.3 is 25.5 Å². The maximum absolute atomic E-state index is 10.8. The Balaban J connectivity index is -0.000000432. The van der Waals surface area contributed by atoms with E-state index in [9.17, 15) is 27.4 Å². The van der Waals surface area contributed by atoms with Crippen LogP contribution < -0.4 is 0 Å². The molecule has 6 N–H and O–H groups in total. The largest absolute Gasteiger partial charge is 0.481 e. The Kier molecular flexibility index (Phi) is 17.4. The quantitative estimate of drug-likeness (QED) is 0.222. The predicted octanol–water partition coefficient (Wildman–Crippen LogP) is 3.79. The van der Waals surface area contributed by atoms with Gasteiger partial charge in [-0.15, -0.1) is 0 Å². The number of benzene rings is 1. The van der Waals surface area contributed by atoms with E-state index < -0.39 is 46.5 Å². The molecular weight excluding hydrogens is 507 g/mol. The number of carboxylic acids is 3. The SMILES string of the molecule is CC(C)C(=O)O.CC(C)P(=O)(O)O.CC(C)S(=O)(=O)O.CC(C)c1cc(C(=O)O)cc(C(=O)O)c1. The fourth-order valence-electron chi connectivity index (χ4n) is 1.23. The standard InChI is InChI=1S/C11H12O4.C4H8O2.C3H9O3P.C3H8O3S/c1-6(2)7-3-8(10(12)13)5-9(4-7)11(14)15;1-3(2)4(5)6;2*1-3(2)7(4,5)6/h3-6H,1-2H3,(H,12,13)(H,14,15);3H,1-2H3,(H,5,6);3H,1-2H3,(H2,4,5,6);3H,1-2H3,(H,4,5,6). The van der Waals surface area contributed by atoms with E-state index in [1.54, 1.807) is 13.8 Å². The van der Waals surface area contributed by atoms with Gasteiger partial charge in [-0.1, -0.05) is 41.5 Å². The van der Waals surface area contributed by atoms with Gasteiger partial charge in [0.25, 0.3) is 10.1 Å². The van der Waals surface area contributed by atoms with Gasteiger partial charge in [0.05, 0.1) is 28.0 Å². The monoisotopic (exact) mass is 544 g/mol. The molecule has 0 heterocycles. The number of aromatic carboxylic acids is 2. The molecule has 0 saturated heterocycles. The van der Waals surface area contributed by atoms with Crippen LogP contribution in [0.2, 0.25) is 0 Å². The molecule has 0 saturated carbocycles. The van der Waals surface area contributed by atoms with E-state index in [0.717, 1.165) is 6.07 Å². The van der Waals surface area contributed by atoms with Gasteiger partial charge < -0.3 is 25.1 Å². The van der Waals surface area contributed by atoms with E-state index in [0.29, 0.717) is 5.56 Å². The Morgan fingerprint density at radius 3 is 1.14 bits per heavy atom. The summed E-state index contributed by atoms with van der Waals surface area (Å²) in [6, 6.07) is 4.16. The van der Waals surface area contributed by atoms with E-state index in [-0.39, 0.29) is 23.0 Å². The van der Waals surface area contributed by atoms with Crippen LogP contribution in [-0.4, -0.2) is 66.9 Å². The van der Waals surface area contributed by atoms with Crippen LogP contribution in [0.15, 0.2) is 18.2 Å². The Morgan fingerprint density at radius 2 is 1.03 bits per heavy atom. The second-order valence-corrected chi connectivity index (χ2v) is 12.5. The highest BCUT2D eigenvalue weighted by atomic mass is 32.2. The normalized spacial score (nSPS) is 11.1. The van der Waals surface area contributed by atoms with Gasteiger partial charge in [-0.3, -0.25) is 13.9 Å². The Bertz CT molecular complexity index is 944. The molecule has 0 fully saturated rings. The zero-order valence-corrected chi connectivity index (χ0v) is 22.7. The highest BCUT2D eigenvalue weighted by Gasteiger charge is 2.17. The number of aliphatic carboxylic acids is 1. The number of hydrogen-bond donors (Lipinski definition) is 6. The summed E-state index contributed by atoms with van der Waals surface area (Å²) in [5, 5.41) is 24.9. The molecule has 0 aliphatic heterocycles. The van der Waals surface area contributed by atoms with Crippen molar-refractivity contribution in [3.05, 3.63) is 34.9 Å². The lowest BCUT2D eigenvalue weighted by Gasteiger charge is -2.07. The predicted molar refractivity (Wildman–Crippen MR) is 131 cm³/mol. The molecular formula is C21H37O12PS. The average molecular weight is 545 g/mol. The van der Waals surface area contributed by atoms with Crippen LogP contribution >= 0.6 is 7.60 Å². The molecule has 12 nitrogen and oxygen atoms in total. The third-order valence-corrected chi connectivity index (χ3v) is 6.42. The molecule has 0 unspecified atom stereocenters. The number of carbonyl (C=O) groups is 3. The highest BCUT2D eigenvalue weighted by Crippen LogP contribution is 2.39. The van der Waals surface area contributed by atoms with Crippen molar-refractivity contribution in [2.24, 2.45) is 5.92 Å². The summed E-state index contributed by atoms with van der Waals surface area (Å²) in [4.78, 5) is 47.6. The molecule has 0 radical (unpaired) electrons. The van der Waals surface area contributed by atoms with Gasteiger partial charge in [-0.05, 0) is 43.5 Å². The molecule has 1 rings (SSSR count). The van der Waals surface area contributed by atoms with Gasteiger partial charge in [0.15, 0.2) is 0 Å². The molecule has 0 amide bonds. The van der Waals surface area contributed by atoms with Crippen LogP contribution in [0.1, 0.15) is 87.6 Å². The minimum atomic E-state index is -3.74. The number of hydrogen-bond acceptors (Lipinski definition) is 6. The first kappa shape index (κ1) is 37.2. The van der Waals surface area contributed by atoms with Crippen molar-refractivity contribution in [3.8, 4) is 0 Å². The number of carboxylic acid groups (broad SMARTS) is 3. The fourth-order valence-corrected chi connectivity index (χ4v) is 1.23. The van der Waals surface area contributed by atoms with Crippen molar-refractivity contribution in [2.75, 3.05) is 0 Å². The summed E-state index contributed by atoms with van der Waals surface area (Å²) in [7, 11) is -7.48. The zero-order chi connectivity index (χ0) is 28.9. The number of rotatable bonds is 6. The van der Waals surface area contributed by atoms with Gasteiger partial charge in [0.1, 0.15) is 0 Å². The van der Waals surface area contributed by atoms with Crippen molar-refractivity contribution in [1.29, 1.82) is 0 Å². The molecule has 204 valence electrons. The smallest absolute Gasteiger partial charge is 0.335 e. The minimum Gasteiger partial charge on any atom is -0.481 e. The van der Waals surface area contributed by atoms with Crippen molar-refractivity contribution in [1.82, 2.24) is 0 Å². The van der Waals surface area contributed by atoms with Crippen LogP contribution in [0.5, 0.6) is 0 Å². The maximum atomic E-state index is 10.8. The molecule has 0 aromatic heterocycles. The molecule has 1 aromatic rings. The zero-order valence-electron chi connectivity index (χ0n) is 21.0. The van der Waals surface area contributed by atoms with Crippen LogP contribution in [-0.2, 0) is 19.5 Å². The van der Waals surface area contributed by atoms with Crippen molar-refractivity contribution in [3.63, 3.8) is 0 Å². The Labute approximate surface area is 205 Å². The van der Waals surface area contributed by atoms with Gasteiger partial charge in [0.2, 0.25) is 0 Å². The van der Waals surface area contributed by atoms with E-state index in [4.69, 9.17) is 29.7 Å². The van der Waals surface area contributed by atoms with Gasteiger partial charge in [-0.25, -0.2) is 9.59 Å². The summed E-state index contributed by atoms with van der Waals surface area (Å²) in [5.41, 5.74) is 0.206. The first-order valence-electron chi connectivity index (χ1n) is 10.3. The summed E-state index contributed by atoms with van der Waals surface area (Å²) < 4.78 is 37.9. The highest BCUT2D eigenvalue weighted by molar-refractivity contribution is 7.86.